The number of ketones is 1. The van der Waals surface area contributed by atoms with Crippen molar-refractivity contribution in [3.05, 3.63) is 76.0 Å². The summed E-state index contributed by atoms with van der Waals surface area (Å²) >= 11 is 6.17. The van der Waals surface area contributed by atoms with Crippen LogP contribution in [0.4, 0.5) is 5.95 Å². The molecular formula is C20H18ClN5O2. The normalized spacial score (nSPS) is 15.8. The van der Waals surface area contributed by atoms with E-state index in [0.29, 0.717) is 28.9 Å². The lowest BCUT2D eigenvalue weighted by Crippen LogP contribution is -2.27. The molecule has 1 unspecified atom stereocenters. The minimum Gasteiger partial charge on any atom is -0.489 e. The molecule has 8 heteroatoms. The maximum absolute atomic E-state index is 12.3. The molecule has 1 aromatic heterocycles. The maximum atomic E-state index is 12.3. The first-order chi connectivity index (χ1) is 13.5. The SMILES string of the molecule is CC(=O)C1=C(C)Nc2nnnn2C1c1ccc(OCc2ccccc2Cl)cc1. The van der Waals surface area contributed by atoms with E-state index in [1.165, 1.54) is 0 Å². The molecule has 0 saturated carbocycles. The Kier molecular flexibility index (Phi) is 4.83. The first-order valence-electron chi connectivity index (χ1n) is 8.77. The molecule has 0 aliphatic carbocycles. The van der Waals surface area contributed by atoms with Crippen molar-refractivity contribution < 1.29 is 9.53 Å². The number of ether oxygens (including phenoxy) is 1. The van der Waals surface area contributed by atoms with Crippen molar-refractivity contribution in [3.8, 4) is 5.75 Å². The average molecular weight is 396 g/mol. The molecule has 0 amide bonds. The van der Waals surface area contributed by atoms with Gasteiger partial charge in [-0.2, -0.15) is 4.68 Å². The minimum absolute atomic E-state index is 0.0322. The number of anilines is 1. The first-order valence-corrected chi connectivity index (χ1v) is 9.15. The zero-order chi connectivity index (χ0) is 19.7. The predicted octanol–water partition coefficient (Wildman–Crippen LogP) is 3.78. The number of halogens is 1. The fourth-order valence-corrected chi connectivity index (χ4v) is 3.49. The molecule has 3 aromatic rings. The minimum atomic E-state index is -0.388. The molecular weight excluding hydrogens is 378 g/mol. The zero-order valence-electron chi connectivity index (χ0n) is 15.4. The highest BCUT2D eigenvalue weighted by Gasteiger charge is 2.32. The first kappa shape index (κ1) is 18.2. The van der Waals surface area contributed by atoms with Crippen LogP contribution >= 0.6 is 11.6 Å². The van der Waals surface area contributed by atoms with Crippen LogP contribution in [0.5, 0.6) is 5.75 Å². The number of fused-ring (bicyclic) bond motifs is 1. The third-order valence-electron chi connectivity index (χ3n) is 4.64. The summed E-state index contributed by atoms with van der Waals surface area (Å²) in [4.78, 5) is 12.3. The van der Waals surface area contributed by atoms with E-state index in [0.717, 1.165) is 16.8 Å². The largest absolute Gasteiger partial charge is 0.489 e. The van der Waals surface area contributed by atoms with E-state index in [4.69, 9.17) is 16.3 Å². The van der Waals surface area contributed by atoms with Crippen LogP contribution in [0.2, 0.25) is 5.02 Å². The van der Waals surface area contributed by atoms with Crippen molar-refractivity contribution in [1.82, 2.24) is 20.2 Å². The molecule has 2 aromatic carbocycles. The van der Waals surface area contributed by atoms with Crippen LogP contribution in [0.3, 0.4) is 0 Å². The lowest BCUT2D eigenvalue weighted by molar-refractivity contribution is -0.114. The Bertz CT molecular complexity index is 1060. The molecule has 0 bridgehead atoms. The molecule has 0 saturated heterocycles. The van der Waals surface area contributed by atoms with E-state index in [2.05, 4.69) is 20.8 Å². The fourth-order valence-electron chi connectivity index (χ4n) is 3.30. The molecule has 7 nitrogen and oxygen atoms in total. The standard InChI is InChI=1S/C20H18ClN5O2/c1-12-18(13(2)27)19(26-20(22-12)23-24-25-26)14-7-9-16(10-8-14)28-11-15-5-3-4-6-17(15)21/h3-10,19H,11H2,1-2H3,(H,22,23,25). The van der Waals surface area contributed by atoms with Crippen LogP contribution in [0, 0.1) is 0 Å². The number of nitrogens with zero attached hydrogens (tertiary/aromatic N) is 4. The molecule has 2 heterocycles. The van der Waals surface area contributed by atoms with Crippen LogP contribution in [-0.2, 0) is 11.4 Å². The van der Waals surface area contributed by atoms with E-state index in [9.17, 15) is 4.79 Å². The Balaban J connectivity index is 1.60. The van der Waals surface area contributed by atoms with E-state index in [1.54, 1.807) is 11.6 Å². The second-order valence-electron chi connectivity index (χ2n) is 6.52. The molecule has 1 aliphatic heterocycles. The highest BCUT2D eigenvalue weighted by Crippen LogP contribution is 2.35. The summed E-state index contributed by atoms with van der Waals surface area (Å²) in [5.74, 6) is 1.18. The lowest BCUT2D eigenvalue weighted by atomic mass is 9.93. The van der Waals surface area contributed by atoms with Gasteiger partial charge in [0.05, 0.1) is 0 Å². The monoisotopic (exact) mass is 395 g/mol. The van der Waals surface area contributed by atoms with Gasteiger partial charge in [0.25, 0.3) is 0 Å². The van der Waals surface area contributed by atoms with Crippen LogP contribution in [-0.4, -0.2) is 26.0 Å². The summed E-state index contributed by atoms with van der Waals surface area (Å²) in [7, 11) is 0. The van der Waals surface area contributed by atoms with Gasteiger partial charge in [0.2, 0.25) is 5.95 Å². The molecule has 1 N–H and O–H groups in total. The van der Waals surface area contributed by atoms with E-state index in [1.807, 2.05) is 55.5 Å². The van der Waals surface area contributed by atoms with Crippen LogP contribution in [0.15, 0.2) is 59.8 Å². The summed E-state index contributed by atoms with van der Waals surface area (Å²) < 4.78 is 7.46. The van der Waals surface area contributed by atoms with Crippen LogP contribution < -0.4 is 10.1 Å². The second kappa shape index (κ2) is 7.44. The summed E-state index contributed by atoms with van der Waals surface area (Å²) in [6.07, 6.45) is 0. The Morgan fingerprint density at radius 1 is 1.21 bits per heavy atom. The van der Waals surface area contributed by atoms with Gasteiger partial charge < -0.3 is 10.1 Å². The van der Waals surface area contributed by atoms with Gasteiger partial charge in [-0.1, -0.05) is 47.0 Å². The third-order valence-corrected chi connectivity index (χ3v) is 5.01. The van der Waals surface area contributed by atoms with Crippen molar-refractivity contribution in [2.75, 3.05) is 5.32 Å². The van der Waals surface area contributed by atoms with Gasteiger partial charge in [-0.05, 0) is 48.0 Å². The van der Waals surface area contributed by atoms with Gasteiger partial charge in [-0.25, -0.2) is 0 Å². The molecule has 0 radical (unpaired) electrons. The molecule has 142 valence electrons. The zero-order valence-corrected chi connectivity index (χ0v) is 16.1. The fraction of sp³-hybridized carbons (Fsp3) is 0.200. The average Bonchev–Trinajstić information content (AvgIpc) is 3.14. The highest BCUT2D eigenvalue weighted by atomic mass is 35.5. The molecule has 0 fully saturated rings. The number of Topliss-reactive ketones (excluding diaryl/α,β-unsaturated/α-hetero) is 1. The van der Waals surface area contributed by atoms with Crippen molar-refractivity contribution in [2.45, 2.75) is 26.5 Å². The Labute approximate surface area is 167 Å². The van der Waals surface area contributed by atoms with E-state index < -0.39 is 0 Å². The number of aromatic nitrogens is 4. The van der Waals surface area contributed by atoms with Gasteiger partial charge >= 0.3 is 0 Å². The van der Waals surface area contributed by atoms with E-state index in [-0.39, 0.29) is 11.8 Å². The van der Waals surface area contributed by atoms with Crippen molar-refractivity contribution >= 4 is 23.3 Å². The van der Waals surface area contributed by atoms with Crippen LogP contribution in [0.1, 0.15) is 31.0 Å². The summed E-state index contributed by atoms with van der Waals surface area (Å²) in [6.45, 7) is 3.77. The van der Waals surface area contributed by atoms with Crippen molar-refractivity contribution in [2.24, 2.45) is 0 Å². The lowest BCUT2D eigenvalue weighted by Gasteiger charge is -2.27. The number of benzene rings is 2. The smallest absolute Gasteiger partial charge is 0.248 e. The molecule has 1 aliphatic rings. The Morgan fingerprint density at radius 3 is 2.68 bits per heavy atom. The maximum Gasteiger partial charge on any atom is 0.248 e. The Morgan fingerprint density at radius 2 is 1.96 bits per heavy atom. The van der Waals surface area contributed by atoms with Crippen LogP contribution in [0.25, 0.3) is 0 Å². The van der Waals surface area contributed by atoms with Gasteiger partial charge in [0.1, 0.15) is 18.4 Å². The number of nitrogens with one attached hydrogen (secondary N) is 1. The highest BCUT2D eigenvalue weighted by molar-refractivity contribution is 6.31. The molecule has 4 rings (SSSR count). The topological polar surface area (TPSA) is 81.9 Å². The van der Waals surface area contributed by atoms with E-state index >= 15 is 0 Å². The second-order valence-corrected chi connectivity index (χ2v) is 6.93. The van der Waals surface area contributed by atoms with Crippen molar-refractivity contribution in [1.29, 1.82) is 0 Å². The number of tetrazole rings is 1. The number of hydrogen-bond donors (Lipinski definition) is 1. The van der Waals surface area contributed by atoms with Gasteiger partial charge in [-0.3, -0.25) is 4.79 Å². The predicted molar refractivity (Wildman–Crippen MR) is 105 cm³/mol. The quantitative estimate of drug-likeness (QED) is 0.707. The van der Waals surface area contributed by atoms with Gasteiger partial charge in [0, 0.05) is 21.9 Å². The summed E-state index contributed by atoms with van der Waals surface area (Å²) in [6, 6.07) is 14.7. The Hall–Kier alpha value is -3.19. The van der Waals surface area contributed by atoms with Gasteiger partial charge in [0.15, 0.2) is 5.78 Å². The number of hydrogen-bond acceptors (Lipinski definition) is 6. The number of carbonyl (C=O) groups excluding carboxylic acids is 1. The third kappa shape index (κ3) is 3.36. The molecule has 28 heavy (non-hydrogen) atoms. The molecule has 1 atom stereocenters. The van der Waals surface area contributed by atoms with Gasteiger partial charge in [-0.15, -0.1) is 0 Å². The summed E-state index contributed by atoms with van der Waals surface area (Å²) in [5, 5.41) is 15.5. The molecule has 0 spiro atoms. The number of allylic oxidation sites excluding steroid dienone is 2. The van der Waals surface area contributed by atoms with Crippen molar-refractivity contribution in [3.63, 3.8) is 0 Å². The number of carbonyl (C=O) groups is 1. The number of rotatable bonds is 5. The summed E-state index contributed by atoms with van der Waals surface area (Å²) in [5.41, 5.74) is 3.19.